The van der Waals surface area contributed by atoms with Crippen molar-refractivity contribution < 1.29 is 0 Å². The van der Waals surface area contributed by atoms with Gasteiger partial charge in [-0.3, -0.25) is 14.8 Å². The van der Waals surface area contributed by atoms with Gasteiger partial charge in [0.2, 0.25) is 5.95 Å². The first-order valence-corrected chi connectivity index (χ1v) is 10.5. The Kier molecular flexibility index (Phi) is 9.43. The van der Waals surface area contributed by atoms with Gasteiger partial charge in [0.05, 0.1) is 0 Å². The molecule has 1 aliphatic rings. The van der Waals surface area contributed by atoms with Gasteiger partial charge in [-0.1, -0.05) is 0 Å². The highest BCUT2D eigenvalue weighted by Crippen LogP contribution is 2.09. The van der Waals surface area contributed by atoms with Crippen molar-refractivity contribution in [3.8, 4) is 0 Å². The van der Waals surface area contributed by atoms with Gasteiger partial charge in [0.25, 0.3) is 0 Å². The molecular formula is C20H38N8. The van der Waals surface area contributed by atoms with E-state index in [-0.39, 0.29) is 0 Å². The van der Waals surface area contributed by atoms with E-state index in [0.717, 1.165) is 64.3 Å². The lowest BCUT2D eigenvalue weighted by Gasteiger charge is -2.34. The van der Waals surface area contributed by atoms with Crippen molar-refractivity contribution in [2.24, 2.45) is 4.99 Å². The van der Waals surface area contributed by atoms with Gasteiger partial charge in [-0.2, -0.15) is 0 Å². The van der Waals surface area contributed by atoms with Crippen LogP contribution in [0.25, 0.3) is 0 Å². The van der Waals surface area contributed by atoms with E-state index in [1.807, 2.05) is 13.1 Å². The highest BCUT2D eigenvalue weighted by atomic mass is 15.3. The summed E-state index contributed by atoms with van der Waals surface area (Å²) in [4.78, 5) is 20.2. The average Bonchev–Trinajstić information content (AvgIpc) is 2.70. The monoisotopic (exact) mass is 390 g/mol. The van der Waals surface area contributed by atoms with Crippen LogP contribution in [-0.4, -0.2) is 97.2 Å². The van der Waals surface area contributed by atoms with E-state index in [2.05, 4.69) is 68.0 Å². The lowest BCUT2D eigenvalue weighted by Crippen LogP contribution is -2.50. The van der Waals surface area contributed by atoms with E-state index in [1.54, 1.807) is 12.4 Å². The van der Waals surface area contributed by atoms with Crippen LogP contribution in [0.4, 0.5) is 5.95 Å². The summed E-state index contributed by atoms with van der Waals surface area (Å²) in [6.45, 7) is 16.8. The number of guanidine groups is 1. The summed E-state index contributed by atoms with van der Waals surface area (Å²) in [6.07, 6.45) is 3.61. The van der Waals surface area contributed by atoms with Crippen molar-refractivity contribution in [3.05, 3.63) is 18.5 Å². The topological polar surface area (TPSA) is 71.9 Å². The van der Waals surface area contributed by atoms with Crippen LogP contribution >= 0.6 is 0 Å². The molecule has 1 saturated heterocycles. The van der Waals surface area contributed by atoms with Crippen molar-refractivity contribution in [2.45, 2.75) is 39.8 Å². The number of nitrogens with zero attached hydrogens (tertiary/aromatic N) is 6. The third-order valence-corrected chi connectivity index (χ3v) is 5.14. The molecular weight excluding hydrogens is 352 g/mol. The second-order valence-corrected chi connectivity index (χ2v) is 7.73. The second-order valence-electron chi connectivity index (χ2n) is 7.73. The Balaban J connectivity index is 1.63. The van der Waals surface area contributed by atoms with Crippen LogP contribution in [0.5, 0.6) is 0 Å². The summed E-state index contributed by atoms with van der Waals surface area (Å²) < 4.78 is 0. The van der Waals surface area contributed by atoms with Gasteiger partial charge in [0, 0.05) is 83.9 Å². The first-order chi connectivity index (χ1) is 13.5. The Bertz CT molecular complexity index is 559. The summed E-state index contributed by atoms with van der Waals surface area (Å²) in [5, 5.41) is 6.86. The minimum Gasteiger partial charge on any atom is -0.355 e. The molecule has 1 aliphatic heterocycles. The summed E-state index contributed by atoms with van der Waals surface area (Å²) in [5.41, 5.74) is 0. The first-order valence-electron chi connectivity index (χ1n) is 10.5. The Labute approximate surface area is 170 Å². The molecule has 0 atom stereocenters. The lowest BCUT2D eigenvalue weighted by atomic mass is 10.2. The van der Waals surface area contributed by atoms with Gasteiger partial charge in [-0.25, -0.2) is 9.97 Å². The average molecular weight is 391 g/mol. The van der Waals surface area contributed by atoms with Crippen molar-refractivity contribution in [2.75, 3.05) is 64.3 Å². The number of rotatable bonds is 9. The zero-order valence-electron chi connectivity index (χ0n) is 18.2. The van der Waals surface area contributed by atoms with Gasteiger partial charge in [-0.05, 0) is 33.8 Å². The van der Waals surface area contributed by atoms with Crippen LogP contribution in [0.3, 0.4) is 0 Å². The minimum atomic E-state index is 0.553. The Hall–Kier alpha value is -1.93. The molecule has 0 saturated carbocycles. The highest BCUT2D eigenvalue weighted by molar-refractivity contribution is 5.79. The molecule has 2 N–H and O–H groups in total. The van der Waals surface area contributed by atoms with Gasteiger partial charge < -0.3 is 15.5 Å². The summed E-state index contributed by atoms with van der Waals surface area (Å²) in [5.74, 6) is 1.71. The molecule has 0 spiro atoms. The quantitative estimate of drug-likeness (QED) is 0.479. The number of piperazine rings is 1. The fraction of sp³-hybridized carbons (Fsp3) is 0.750. The second kappa shape index (κ2) is 11.8. The minimum absolute atomic E-state index is 0.553. The third kappa shape index (κ3) is 7.24. The zero-order chi connectivity index (χ0) is 20.4. The number of hydrogen-bond acceptors (Lipinski definition) is 6. The maximum atomic E-state index is 4.34. The van der Waals surface area contributed by atoms with Gasteiger partial charge in [0.15, 0.2) is 5.96 Å². The van der Waals surface area contributed by atoms with Crippen LogP contribution in [0.2, 0.25) is 0 Å². The van der Waals surface area contributed by atoms with E-state index in [0.29, 0.717) is 12.1 Å². The lowest BCUT2D eigenvalue weighted by molar-refractivity contribution is 0.178. The molecule has 8 nitrogen and oxygen atoms in total. The molecule has 0 unspecified atom stereocenters. The van der Waals surface area contributed by atoms with E-state index in [4.69, 9.17) is 0 Å². The normalized spacial score (nSPS) is 16.3. The fourth-order valence-corrected chi connectivity index (χ4v) is 3.60. The Morgan fingerprint density at radius 3 is 2.21 bits per heavy atom. The van der Waals surface area contributed by atoms with Gasteiger partial charge in [-0.15, -0.1) is 0 Å². The molecule has 0 aliphatic carbocycles. The zero-order valence-corrected chi connectivity index (χ0v) is 18.2. The predicted molar refractivity (Wildman–Crippen MR) is 117 cm³/mol. The number of aliphatic imine (C=N–C) groups is 1. The third-order valence-electron chi connectivity index (χ3n) is 5.14. The van der Waals surface area contributed by atoms with Crippen LogP contribution in [-0.2, 0) is 0 Å². The van der Waals surface area contributed by atoms with Crippen LogP contribution in [0, 0.1) is 0 Å². The molecule has 1 aromatic rings. The van der Waals surface area contributed by atoms with E-state index >= 15 is 0 Å². The van der Waals surface area contributed by atoms with Crippen molar-refractivity contribution in [1.29, 1.82) is 0 Å². The molecule has 0 bridgehead atoms. The van der Waals surface area contributed by atoms with Gasteiger partial charge >= 0.3 is 0 Å². The van der Waals surface area contributed by atoms with Crippen LogP contribution in [0.1, 0.15) is 27.7 Å². The number of nitrogens with one attached hydrogen (secondary N) is 2. The van der Waals surface area contributed by atoms with E-state index in [1.165, 1.54) is 0 Å². The molecule has 2 rings (SSSR count). The Morgan fingerprint density at radius 1 is 1.04 bits per heavy atom. The smallest absolute Gasteiger partial charge is 0.225 e. The number of hydrogen-bond donors (Lipinski definition) is 2. The molecule has 0 aromatic carbocycles. The Morgan fingerprint density at radius 2 is 1.64 bits per heavy atom. The molecule has 0 amide bonds. The van der Waals surface area contributed by atoms with Crippen LogP contribution in [0.15, 0.2) is 23.5 Å². The largest absolute Gasteiger partial charge is 0.355 e. The molecule has 1 aromatic heterocycles. The number of anilines is 1. The summed E-state index contributed by atoms with van der Waals surface area (Å²) >= 11 is 0. The highest BCUT2D eigenvalue weighted by Gasteiger charge is 2.18. The standard InChI is InChI=1S/C20H38N8/c1-17(2)28(18(3)4)12-10-23-19(21-5)22-9-11-26-13-15-27(16-14-26)20-24-7-6-8-25-20/h6-8,17-18H,9-16H2,1-5H3,(H2,21,22,23). The predicted octanol–water partition coefficient (Wildman–Crippen LogP) is 0.882. The molecule has 2 heterocycles. The maximum absolute atomic E-state index is 4.34. The maximum Gasteiger partial charge on any atom is 0.225 e. The van der Waals surface area contributed by atoms with E-state index in [9.17, 15) is 0 Å². The van der Waals surface area contributed by atoms with Crippen molar-refractivity contribution in [3.63, 3.8) is 0 Å². The van der Waals surface area contributed by atoms with Crippen molar-refractivity contribution >= 4 is 11.9 Å². The van der Waals surface area contributed by atoms with Crippen LogP contribution < -0.4 is 15.5 Å². The molecule has 28 heavy (non-hydrogen) atoms. The first kappa shape index (κ1) is 22.4. The summed E-state index contributed by atoms with van der Waals surface area (Å²) in [7, 11) is 1.83. The van der Waals surface area contributed by atoms with Gasteiger partial charge in [0.1, 0.15) is 0 Å². The molecule has 1 fully saturated rings. The molecule has 8 heteroatoms. The molecule has 158 valence electrons. The SMILES string of the molecule is CN=C(NCCN1CCN(c2ncccn2)CC1)NCCN(C(C)C)C(C)C. The summed E-state index contributed by atoms with van der Waals surface area (Å²) in [6, 6.07) is 2.96. The van der Waals surface area contributed by atoms with Crippen molar-refractivity contribution in [1.82, 2.24) is 30.4 Å². The number of aromatic nitrogens is 2. The fourth-order valence-electron chi connectivity index (χ4n) is 3.60. The van der Waals surface area contributed by atoms with E-state index < -0.39 is 0 Å². The molecule has 0 radical (unpaired) electrons.